The van der Waals surface area contributed by atoms with E-state index in [2.05, 4.69) is 10.3 Å². The Morgan fingerprint density at radius 1 is 1.32 bits per heavy atom. The van der Waals surface area contributed by atoms with Gasteiger partial charge in [-0.1, -0.05) is 13.3 Å². The van der Waals surface area contributed by atoms with Crippen LogP contribution in [0.3, 0.4) is 0 Å². The number of fused-ring (bicyclic) bond motifs is 1. The van der Waals surface area contributed by atoms with Gasteiger partial charge in [0.15, 0.2) is 0 Å². The van der Waals surface area contributed by atoms with Crippen molar-refractivity contribution in [1.82, 2.24) is 10.3 Å². The molecule has 120 valence electrons. The lowest BCUT2D eigenvalue weighted by Gasteiger charge is -2.11. The first-order valence-electron chi connectivity index (χ1n) is 7.72. The molecule has 3 N–H and O–H groups in total. The lowest BCUT2D eigenvalue weighted by atomic mass is 10.1. The molecule has 2 rings (SSSR count). The predicted molar refractivity (Wildman–Crippen MR) is 82.1 cm³/mol. The molecule has 0 aromatic carbocycles. The third kappa shape index (κ3) is 4.19. The molecular formula is C16H22N2O4. The number of carbonyl (C=O) groups excluding carboxylic acids is 1. The summed E-state index contributed by atoms with van der Waals surface area (Å²) in [7, 11) is 0. The normalized spacial score (nSPS) is 15.5. The van der Waals surface area contributed by atoms with Crippen LogP contribution in [-0.4, -0.2) is 28.5 Å². The molecule has 1 atom stereocenters. The average molecular weight is 306 g/mol. The molecule has 0 aliphatic heterocycles. The summed E-state index contributed by atoms with van der Waals surface area (Å²) in [4.78, 5) is 37.6. The van der Waals surface area contributed by atoms with Gasteiger partial charge >= 0.3 is 5.97 Å². The van der Waals surface area contributed by atoms with E-state index in [1.54, 1.807) is 13.0 Å². The van der Waals surface area contributed by atoms with Gasteiger partial charge in [-0.3, -0.25) is 14.4 Å². The molecule has 6 nitrogen and oxygen atoms in total. The van der Waals surface area contributed by atoms with Gasteiger partial charge in [-0.25, -0.2) is 0 Å². The standard InChI is InChI=1S/C16H22N2O4/c1-10(7-14(19)20)9-17-15(21)12-8-11-5-3-2-4-6-13(11)18-16(12)22/h8,10H,2-7,9H2,1H3,(H,17,21)(H,18,22)(H,19,20). The molecule has 22 heavy (non-hydrogen) atoms. The molecule has 1 aliphatic rings. The molecule has 1 aromatic rings. The van der Waals surface area contributed by atoms with E-state index in [0.717, 1.165) is 43.4 Å². The highest BCUT2D eigenvalue weighted by Crippen LogP contribution is 2.18. The van der Waals surface area contributed by atoms with Crippen molar-refractivity contribution < 1.29 is 14.7 Å². The minimum Gasteiger partial charge on any atom is -0.481 e. The number of carbonyl (C=O) groups is 2. The topological polar surface area (TPSA) is 99.3 Å². The van der Waals surface area contributed by atoms with E-state index in [-0.39, 0.29) is 30.0 Å². The molecule has 1 unspecified atom stereocenters. The lowest BCUT2D eigenvalue weighted by molar-refractivity contribution is -0.137. The second-order valence-electron chi connectivity index (χ2n) is 5.99. The first kappa shape index (κ1) is 16.3. The van der Waals surface area contributed by atoms with Crippen LogP contribution in [0, 0.1) is 5.92 Å². The van der Waals surface area contributed by atoms with Crippen LogP contribution < -0.4 is 10.9 Å². The van der Waals surface area contributed by atoms with Gasteiger partial charge in [0.25, 0.3) is 11.5 Å². The molecule has 0 spiro atoms. The zero-order valence-corrected chi connectivity index (χ0v) is 12.8. The molecule has 0 fully saturated rings. The Morgan fingerprint density at radius 3 is 2.77 bits per heavy atom. The van der Waals surface area contributed by atoms with Crippen molar-refractivity contribution in [3.8, 4) is 0 Å². The average Bonchev–Trinajstić information content (AvgIpc) is 2.67. The van der Waals surface area contributed by atoms with Gasteiger partial charge in [0.05, 0.1) is 0 Å². The maximum Gasteiger partial charge on any atom is 0.303 e. The van der Waals surface area contributed by atoms with Crippen molar-refractivity contribution >= 4 is 11.9 Å². The zero-order valence-electron chi connectivity index (χ0n) is 12.8. The molecule has 1 amide bonds. The largest absolute Gasteiger partial charge is 0.481 e. The number of aromatic amines is 1. The van der Waals surface area contributed by atoms with Crippen LogP contribution in [-0.2, 0) is 17.6 Å². The fraction of sp³-hybridized carbons (Fsp3) is 0.562. The van der Waals surface area contributed by atoms with Crippen LogP contribution in [0.15, 0.2) is 10.9 Å². The van der Waals surface area contributed by atoms with Crippen molar-refractivity contribution in [1.29, 1.82) is 0 Å². The number of carboxylic acid groups (broad SMARTS) is 1. The van der Waals surface area contributed by atoms with E-state index < -0.39 is 11.9 Å². The Bertz CT molecular complexity index is 621. The summed E-state index contributed by atoms with van der Waals surface area (Å²) < 4.78 is 0. The number of pyridine rings is 1. The fourth-order valence-electron chi connectivity index (χ4n) is 2.75. The second-order valence-corrected chi connectivity index (χ2v) is 5.99. The molecule has 1 aromatic heterocycles. The first-order chi connectivity index (χ1) is 10.5. The summed E-state index contributed by atoms with van der Waals surface area (Å²) in [5.41, 5.74) is 1.73. The van der Waals surface area contributed by atoms with Crippen molar-refractivity contribution in [3.05, 3.63) is 33.2 Å². The van der Waals surface area contributed by atoms with Crippen LogP contribution in [0.5, 0.6) is 0 Å². The van der Waals surface area contributed by atoms with E-state index >= 15 is 0 Å². The molecule has 0 saturated carbocycles. The number of amides is 1. The number of hydrogen-bond acceptors (Lipinski definition) is 3. The second kappa shape index (κ2) is 7.24. The van der Waals surface area contributed by atoms with Crippen molar-refractivity contribution in [3.63, 3.8) is 0 Å². The van der Waals surface area contributed by atoms with Gasteiger partial charge < -0.3 is 15.4 Å². The van der Waals surface area contributed by atoms with E-state index in [1.165, 1.54) is 0 Å². The maximum atomic E-state index is 12.1. The zero-order chi connectivity index (χ0) is 16.1. The van der Waals surface area contributed by atoms with E-state index in [1.807, 2.05) is 0 Å². The number of carboxylic acids is 1. The Balaban J connectivity index is 2.08. The van der Waals surface area contributed by atoms with E-state index in [9.17, 15) is 14.4 Å². The summed E-state index contributed by atoms with van der Waals surface area (Å²) in [5.74, 6) is -1.52. The van der Waals surface area contributed by atoms with Crippen molar-refractivity contribution in [2.24, 2.45) is 5.92 Å². The summed E-state index contributed by atoms with van der Waals surface area (Å²) >= 11 is 0. The Labute approximate surface area is 128 Å². The number of aromatic nitrogens is 1. The van der Waals surface area contributed by atoms with Gasteiger partial charge in [0.2, 0.25) is 0 Å². The summed E-state index contributed by atoms with van der Waals surface area (Å²) in [6.45, 7) is 1.98. The highest BCUT2D eigenvalue weighted by atomic mass is 16.4. The number of hydrogen-bond donors (Lipinski definition) is 3. The number of rotatable bonds is 5. The summed E-state index contributed by atoms with van der Waals surface area (Å²) in [6.07, 6.45) is 4.96. The molecule has 1 heterocycles. The molecule has 0 saturated heterocycles. The highest BCUT2D eigenvalue weighted by Gasteiger charge is 2.17. The van der Waals surface area contributed by atoms with Crippen molar-refractivity contribution in [2.45, 2.75) is 45.4 Å². The molecule has 6 heteroatoms. The monoisotopic (exact) mass is 306 g/mol. The van der Waals surface area contributed by atoms with E-state index in [4.69, 9.17) is 5.11 Å². The van der Waals surface area contributed by atoms with Crippen LogP contribution in [0.25, 0.3) is 0 Å². The highest BCUT2D eigenvalue weighted by molar-refractivity contribution is 5.94. The molecular weight excluding hydrogens is 284 g/mol. The smallest absolute Gasteiger partial charge is 0.303 e. The predicted octanol–water partition coefficient (Wildman–Crippen LogP) is 1.48. The Morgan fingerprint density at radius 2 is 2.05 bits per heavy atom. The summed E-state index contributed by atoms with van der Waals surface area (Å²) in [6, 6.07) is 1.69. The van der Waals surface area contributed by atoms with Gasteiger partial charge in [0.1, 0.15) is 5.56 Å². The van der Waals surface area contributed by atoms with Gasteiger partial charge in [-0.15, -0.1) is 0 Å². The number of nitrogens with one attached hydrogen (secondary N) is 2. The lowest BCUT2D eigenvalue weighted by Crippen LogP contribution is -2.33. The SMILES string of the molecule is CC(CNC(=O)c1cc2c([nH]c1=O)CCCCC2)CC(=O)O. The first-order valence-corrected chi connectivity index (χ1v) is 7.72. The number of aryl methyl sites for hydroxylation is 2. The van der Waals surface area contributed by atoms with Crippen LogP contribution >= 0.6 is 0 Å². The van der Waals surface area contributed by atoms with Gasteiger partial charge in [-0.2, -0.15) is 0 Å². The minimum absolute atomic E-state index is 0.0131. The van der Waals surface area contributed by atoms with E-state index in [0.29, 0.717) is 0 Å². The third-order valence-electron chi connectivity index (χ3n) is 3.97. The Hall–Kier alpha value is -2.11. The third-order valence-corrected chi connectivity index (χ3v) is 3.97. The van der Waals surface area contributed by atoms with Crippen molar-refractivity contribution in [2.75, 3.05) is 6.54 Å². The van der Waals surface area contributed by atoms with Crippen LogP contribution in [0.2, 0.25) is 0 Å². The minimum atomic E-state index is -0.898. The molecule has 1 aliphatic carbocycles. The van der Waals surface area contributed by atoms with Gasteiger partial charge in [0, 0.05) is 18.7 Å². The fourth-order valence-corrected chi connectivity index (χ4v) is 2.75. The van der Waals surface area contributed by atoms with Crippen LogP contribution in [0.1, 0.15) is 54.2 Å². The quantitative estimate of drug-likeness (QED) is 0.718. The molecule has 0 bridgehead atoms. The Kier molecular flexibility index (Phi) is 5.35. The van der Waals surface area contributed by atoms with Gasteiger partial charge in [-0.05, 0) is 43.2 Å². The molecule has 0 radical (unpaired) electrons. The maximum absolute atomic E-state index is 12.1. The number of H-pyrrole nitrogens is 1. The summed E-state index contributed by atoms with van der Waals surface area (Å²) in [5, 5.41) is 11.3. The number of aliphatic carboxylic acids is 1. The van der Waals surface area contributed by atoms with Crippen LogP contribution in [0.4, 0.5) is 0 Å².